The normalized spacial score (nSPS) is 24.4. The van der Waals surface area contributed by atoms with E-state index in [0.717, 1.165) is 13.1 Å². The number of ether oxygens (including phenoxy) is 1. The van der Waals surface area contributed by atoms with Crippen molar-refractivity contribution in [1.82, 2.24) is 4.90 Å². The van der Waals surface area contributed by atoms with Gasteiger partial charge in [-0.2, -0.15) is 0 Å². The second-order valence-corrected chi connectivity index (χ2v) is 6.63. The van der Waals surface area contributed by atoms with Gasteiger partial charge in [-0.3, -0.25) is 4.90 Å². The van der Waals surface area contributed by atoms with Gasteiger partial charge in [-0.15, -0.1) is 0 Å². The lowest BCUT2D eigenvalue weighted by atomic mass is 9.93. The van der Waals surface area contributed by atoms with Crippen molar-refractivity contribution < 1.29 is 9.84 Å². The van der Waals surface area contributed by atoms with Crippen molar-refractivity contribution in [2.45, 2.75) is 51.5 Å². The van der Waals surface area contributed by atoms with E-state index in [1.807, 2.05) is 19.9 Å². The van der Waals surface area contributed by atoms with Crippen LogP contribution in [0.25, 0.3) is 0 Å². The Labute approximate surface area is 116 Å². The Morgan fingerprint density at radius 1 is 1.32 bits per heavy atom. The first-order valence-electron chi connectivity index (χ1n) is 6.92. The van der Waals surface area contributed by atoms with Crippen LogP contribution in [0.1, 0.15) is 33.3 Å². The van der Waals surface area contributed by atoms with Crippen LogP contribution in [-0.4, -0.2) is 40.4 Å². The Morgan fingerprint density at radius 2 is 1.95 bits per heavy atom. The molecular weight excluding hydrogens is 238 g/mol. The Morgan fingerprint density at radius 3 is 2.53 bits per heavy atom. The van der Waals surface area contributed by atoms with Crippen molar-refractivity contribution in [3.63, 3.8) is 0 Å². The van der Waals surface area contributed by atoms with Crippen molar-refractivity contribution in [2.24, 2.45) is 0 Å². The van der Waals surface area contributed by atoms with Gasteiger partial charge in [0.15, 0.2) is 0 Å². The lowest BCUT2D eigenvalue weighted by Gasteiger charge is -2.47. The monoisotopic (exact) mass is 263 g/mol. The molecule has 1 N–H and O–H groups in total. The van der Waals surface area contributed by atoms with Gasteiger partial charge in [0.2, 0.25) is 0 Å². The number of rotatable bonds is 3. The van der Waals surface area contributed by atoms with E-state index in [0.29, 0.717) is 6.61 Å². The molecule has 19 heavy (non-hydrogen) atoms. The minimum atomic E-state index is -0.759. The molecule has 0 bridgehead atoms. The first-order chi connectivity index (χ1) is 8.78. The maximum absolute atomic E-state index is 10.3. The summed E-state index contributed by atoms with van der Waals surface area (Å²) in [6.07, 6.45) is 0. The van der Waals surface area contributed by atoms with Crippen molar-refractivity contribution in [3.8, 4) is 0 Å². The van der Waals surface area contributed by atoms with E-state index in [-0.39, 0.29) is 11.6 Å². The summed E-state index contributed by atoms with van der Waals surface area (Å²) < 4.78 is 5.87. The summed E-state index contributed by atoms with van der Waals surface area (Å²) in [5.41, 5.74) is 0.358. The fraction of sp³-hybridized carbons (Fsp3) is 0.625. The number of nitrogens with zero attached hydrogens (tertiary/aromatic N) is 1. The van der Waals surface area contributed by atoms with Crippen molar-refractivity contribution >= 4 is 0 Å². The zero-order valence-corrected chi connectivity index (χ0v) is 12.4. The minimum Gasteiger partial charge on any atom is -0.389 e. The lowest BCUT2D eigenvalue weighted by molar-refractivity contribution is -0.161. The molecule has 0 aliphatic carbocycles. The molecule has 1 aliphatic heterocycles. The predicted octanol–water partition coefficient (Wildman–Crippen LogP) is 2.44. The van der Waals surface area contributed by atoms with E-state index >= 15 is 0 Å². The molecule has 0 saturated carbocycles. The summed E-state index contributed by atoms with van der Waals surface area (Å²) >= 11 is 0. The van der Waals surface area contributed by atoms with Crippen LogP contribution in [0.5, 0.6) is 0 Å². The predicted molar refractivity (Wildman–Crippen MR) is 77.0 cm³/mol. The summed E-state index contributed by atoms with van der Waals surface area (Å²) in [4.78, 5) is 2.33. The largest absolute Gasteiger partial charge is 0.389 e. The third-order valence-electron chi connectivity index (χ3n) is 3.70. The van der Waals surface area contributed by atoms with Crippen LogP contribution >= 0.6 is 0 Å². The van der Waals surface area contributed by atoms with Crippen LogP contribution in [0.15, 0.2) is 30.3 Å². The first-order valence-corrected chi connectivity index (χ1v) is 6.92. The Bertz CT molecular complexity index is 409. The van der Waals surface area contributed by atoms with Gasteiger partial charge in [0.05, 0.1) is 23.9 Å². The van der Waals surface area contributed by atoms with E-state index in [4.69, 9.17) is 4.74 Å². The van der Waals surface area contributed by atoms with Gasteiger partial charge in [-0.1, -0.05) is 30.3 Å². The molecule has 1 heterocycles. The van der Waals surface area contributed by atoms with Gasteiger partial charge in [-0.25, -0.2) is 0 Å². The number of hydrogen-bond donors (Lipinski definition) is 1. The maximum atomic E-state index is 10.3. The highest BCUT2D eigenvalue weighted by molar-refractivity contribution is 5.15. The molecule has 1 fully saturated rings. The molecule has 106 valence electrons. The third kappa shape index (κ3) is 3.78. The SMILES string of the molecule is CC1(C)CN(Cc2ccccc2)C(C(C)(C)O)CO1. The van der Waals surface area contributed by atoms with E-state index in [1.165, 1.54) is 5.56 Å². The quantitative estimate of drug-likeness (QED) is 0.909. The highest BCUT2D eigenvalue weighted by atomic mass is 16.5. The summed E-state index contributed by atoms with van der Waals surface area (Å²) in [5.74, 6) is 0. The molecular formula is C16H25NO2. The summed E-state index contributed by atoms with van der Waals surface area (Å²) in [5, 5.41) is 10.3. The molecule has 3 nitrogen and oxygen atoms in total. The van der Waals surface area contributed by atoms with Crippen molar-refractivity contribution in [2.75, 3.05) is 13.2 Å². The van der Waals surface area contributed by atoms with Crippen LogP contribution < -0.4 is 0 Å². The molecule has 0 amide bonds. The summed E-state index contributed by atoms with van der Waals surface area (Å²) in [6.45, 7) is 10.2. The molecule has 2 rings (SSSR count). The van der Waals surface area contributed by atoms with Crippen molar-refractivity contribution in [1.29, 1.82) is 0 Å². The minimum absolute atomic E-state index is 0.0285. The molecule has 1 saturated heterocycles. The van der Waals surface area contributed by atoms with Gasteiger partial charge in [0, 0.05) is 13.1 Å². The molecule has 0 spiro atoms. The second-order valence-electron chi connectivity index (χ2n) is 6.63. The Kier molecular flexibility index (Phi) is 4.00. The van der Waals surface area contributed by atoms with E-state index in [1.54, 1.807) is 0 Å². The Balaban J connectivity index is 2.16. The average molecular weight is 263 g/mol. The smallest absolute Gasteiger partial charge is 0.0768 e. The number of benzene rings is 1. The summed E-state index contributed by atoms with van der Waals surface area (Å²) in [7, 11) is 0. The molecule has 1 aliphatic rings. The zero-order chi connectivity index (χ0) is 14.1. The topological polar surface area (TPSA) is 32.7 Å². The highest BCUT2D eigenvalue weighted by Crippen LogP contribution is 2.28. The summed E-state index contributed by atoms with van der Waals surface area (Å²) in [6, 6.07) is 10.4. The van der Waals surface area contributed by atoms with Crippen LogP contribution in [0.3, 0.4) is 0 Å². The van der Waals surface area contributed by atoms with Gasteiger partial charge in [-0.05, 0) is 33.3 Å². The van der Waals surface area contributed by atoms with Gasteiger partial charge >= 0.3 is 0 Å². The number of hydrogen-bond acceptors (Lipinski definition) is 3. The zero-order valence-electron chi connectivity index (χ0n) is 12.4. The third-order valence-corrected chi connectivity index (χ3v) is 3.70. The fourth-order valence-electron chi connectivity index (χ4n) is 2.69. The van der Waals surface area contributed by atoms with Crippen molar-refractivity contribution in [3.05, 3.63) is 35.9 Å². The van der Waals surface area contributed by atoms with E-state index in [9.17, 15) is 5.11 Å². The molecule has 3 heteroatoms. The van der Waals surface area contributed by atoms with Gasteiger partial charge in [0.25, 0.3) is 0 Å². The number of aliphatic hydroxyl groups is 1. The molecule has 0 radical (unpaired) electrons. The maximum Gasteiger partial charge on any atom is 0.0768 e. The van der Waals surface area contributed by atoms with Crippen LogP contribution in [0, 0.1) is 0 Å². The number of morpholine rings is 1. The molecule has 1 aromatic rings. The Hall–Kier alpha value is -0.900. The van der Waals surface area contributed by atoms with Crippen LogP contribution in [-0.2, 0) is 11.3 Å². The second kappa shape index (κ2) is 5.23. The van der Waals surface area contributed by atoms with Crippen LogP contribution in [0.4, 0.5) is 0 Å². The van der Waals surface area contributed by atoms with E-state index in [2.05, 4.69) is 43.0 Å². The first kappa shape index (κ1) is 14.5. The molecule has 1 atom stereocenters. The average Bonchev–Trinajstić information content (AvgIpc) is 2.27. The highest BCUT2D eigenvalue weighted by Gasteiger charge is 2.40. The molecule has 1 aromatic carbocycles. The lowest BCUT2D eigenvalue weighted by Crippen LogP contribution is -2.60. The molecule has 0 aromatic heterocycles. The standard InChI is InChI=1S/C16H25NO2/c1-15(2)12-17(10-13-8-6-5-7-9-13)14(11-19-15)16(3,4)18/h5-9,14,18H,10-12H2,1-4H3. The van der Waals surface area contributed by atoms with Crippen LogP contribution in [0.2, 0.25) is 0 Å². The molecule has 1 unspecified atom stereocenters. The van der Waals surface area contributed by atoms with Gasteiger partial charge < -0.3 is 9.84 Å². The van der Waals surface area contributed by atoms with Gasteiger partial charge in [0.1, 0.15) is 0 Å². The van der Waals surface area contributed by atoms with E-state index < -0.39 is 5.60 Å². The fourth-order valence-corrected chi connectivity index (χ4v) is 2.69.